The molecule has 0 aromatic rings. The zero-order valence-corrected chi connectivity index (χ0v) is 12.3. The molecule has 0 fully saturated rings. The molecule has 20 heavy (non-hydrogen) atoms. The minimum atomic E-state index is -0.400. The van der Waals surface area contributed by atoms with Crippen LogP contribution in [0.4, 0.5) is 0 Å². The molecule has 0 aliphatic heterocycles. The number of carbonyl (C=O) groups is 2. The van der Waals surface area contributed by atoms with Gasteiger partial charge in [-0.05, 0) is 18.9 Å². The Morgan fingerprint density at radius 2 is 2.15 bits per heavy atom. The molecule has 0 heterocycles. The van der Waals surface area contributed by atoms with Crippen molar-refractivity contribution in [1.82, 2.24) is 5.32 Å². The van der Waals surface area contributed by atoms with Gasteiger partial charge in [-0.15, -0.1) is 0 Å². The van der Waals surface area contributed by atoms with E-state index in [-0.39, 0.29) is 18.0 Å². The monoisotopic (exact) mass is 284 g/mol. The lowest BCUT2D eigenvalue weighted by atomic mass is 9.88. The summed E-state index contributed by atoms with van der Waals surface area (Å²) in [4.78, 5) is 23.2. The summed E-state index contributed by atoms with van der Waals surface area (Å²) in [6.45, 7) is 4.31. The molecular weight excluding hydrogens is 260 g/mol. The number of amides is 1. The van der Waals surface area contributed by atoms with Crippen molar-refractivity contribution in [2.45, 2.75) is 51.3 Å². The van der Waals surface area contributed by atoms with Crippen LogP contribution in [0, 0.1) is 0 Å². The minimum Gasteiger partial charge on any atom is -0.466 e. The molecule has 0 aromatic heterocycles. The fraction of sp³-hybridized carbons (Fsp3) is 0.714. The lowest BCUT2D eigenvalue weighted by Gasteiger charge is -2.35. The van der Waals surface area contributed by atoms with E-state index in [1.165, 1.54) is 7.11 Å². The maximum atomic E-state index is 11.6. The average molecular weight is 284 g/mol. The molecule has 1 aliphatic carbocycles. The number of nitrogens with one attached hydrogen (secondary N) is 1. The molecule has 0 saturated carbocycles. The Kier molecular flexibility index (Phi) is 6.67. The average Bonchev–Trinajstić information content (AvgIpc) is 2.46. The normalized spacial score (nSPS) is 25.8. The van der Waals surface area contributed by atoms with Crippen LogP contribution in [0.15, 0.2) is 11.6 Å². The van der Waals surface area contributed by atoms with Crippen LogP contribution < -0.4 is 11.1 Å². The van der Waals surface area contributed by atoms with Gasteiger partial charge in [0, 0.05) is 24.6 Å². The smallest absolute Gasteiger partial charge is 0.333 e. The van der Waals surface area contributed by atoms with Gasteiger partial charge >= 0.3 is 5.97 Å². The second-order valence-electron chi connectivity index (χ2n) is 4.83. The number of nitrogens with two attached hydrogens (primary N) is 1. The van der Waals surface area contributed by atoms with Crippen molar-refractivity contribution in [3.8, 4) is 0 Å². The van der Waals surface area contributed by atoms with E-state index in [2.05, 4.69) is 5.32 Å². The molecule has 0 bridgehead atoms. The summed E-state index contributed by atoms with van der Waals surface area (Å²) < 4.78 is 10.4. The van der Waals surface area contributed by atoms with Crippen LogP contribution in [-0.4, -0.2) is 43.8 Å². The Bertz CT molecular complexity index is 381. The summed E-state index contributed by atoms with van der Waals surface area (Å²) in [5, 5.41) is 2.87. The lowest BCUT2D eigenvalue weighted by molar-refractivity contribution is -0.136. The molecular formula is C14H24N2O4. The second-order valence-corrected chi connectivity index (χ2v) is 4.83. The van der Waals surface area contributed by atoms with Crippen LogP contribution >= 0.6 is 0 Å². The van der Waals surface area contributed by atoms with Crippen LogP contribution in [0.25, 0.3) is 0 Å². The quantitative estimate of drug-likeness (QED) is 0.693. The van der Waals surface area contributed by atoms with Gasteiger partial charge < -0.3 is 20.5 Å². The van der Waals surface area contributed by atoms with Gasteiger partial charge in [-0.2, -0.15) is 0 Å². The van der Waals surface area contributed by atoms with Crippen molar-refractivity contribution in [1.29, 1.82) is 0 Å². The highest BCUT2D eigenvalue weighted by Crippen LogP contribution is 2.22. The third kappa shape index (κ3) is 4.31. The number of carbonyl (C=O) groups excluding carboxylic acids is 2. The minimum absolute atomic E-state index is 0.0783. The number of hydrogen-bond acceptors (Lipinski definition) is 5. The fourth-order valence-corrected chi connectivity index (χ4v) is 2.16. The molecule has 3 N–H and O–H groups in total. The molecule has 0 radical (unpaired) electrons. The molecule has 0 aromatic carbocycles. The zero-order chi connectivity index (χ0) is 15.1. The Morgan fingerprint density at radius 3 is 2.70 bits per heavy atom. The van der Waals surface area contributed by atoms with Gasteiger partial charge in [0.25, 0.3) is 0 Å². The fourth-order valence-electron chi connectivity index (χ4n) is 2.16. The van der Waals surface area contributed by atoms with Gasteiger partial charge in [0.15, 0.2) is 0 Å². The van der Waals surface area contributed by atoms with Crippen molar-refractivity contribution < 1.29 is 19.1 Å². The van der Waals surface area contributed by atoms with E-state index >= 15 is 0 Å². The molecule has 3 atom stereocenters. The first-order chi connectivity index (χ1) is 9.53. The summed E-state index contributed by atoms with van der Waals surface area (Å²) in [6, 6.07) is -0.686. The standard InChI is InChI=1S/C14H24N2O4/c1-4-6-20-11-8-9(14(18)19-3)7-10(15)13(11)16-12(17)5-2/h8,10-11,13H,4-7,15H2,1-3H3,(H,16,17). The third-order valence-electron chi connectivity index (χ3n) is 3.25. The molecule has 0 spiro atoms. The van der Waals surface area contributed by atoms with Crippen LogP contribution in [0.2, 0.25) is 0 Å². The molecule has 1 aliphatic rings. The van der Waals surface area contributed by atoms with Gasteiger partial charge in [0.2, 0.25) is 5.91 Å². The number of methoxy groups -OCH3 is 1. The summed E-state index contributed by atoms with van der Waals surface area (Å²) >= 11 is 0. The van der Waals surface area contributed by atoms with E-state index in [9.17, 15) is 9.59 Å². The largest absolute Gasteiger partial charge is 0.466 e. The lowest BCUT2D eigenvalue weighted by Crippen LogP contribution is -2.56. The van der Waals surface area contributed by atoms with Crippen molar-refractivity contribution in [2.75, 3.05) is 13.7 Å². The van der Waals surface area contributed by atoms with Gasteiger partial charge in [-0.1, -0.05) is 13.8 Å². The molecule has 6 nitrogen and oxygen atoms in total. The molecule has 0 saturated heterocycles. The SMILES string of the molecule is CCCOC1C=C(C(=O)OC)CC(N)C1NC(=O)CC. The van der Waals surface area contributed by atoms with Crippen LogP contribution in [0.5, 0.6) is 0 Å². The Morgan fingerprint density at radius 1 is 1.45 bits per heavy atom. The topological polar surface area (TPSA) is 90.7 Å². The zero-order valence-electron chi connectivity index (χ0n) is 12.3. The summed E-state index contributed by atoms with van der Waals surface area (Å²) in [6.07, 6.45) is 2.92. The van der Waals surface area contributed by atoms with Crippen molar-refractivity contribution in [2.24, 2.45) is 5.73 Å². The Balaban J connectivity index is 2.89. The summed E-state index contributed by atoms with van der Waals surface area (Å²) in [5.41, 5.74) is 6.59. The van der Waals surface area contributed by atoms with E-state index in [0.29, 0.717) is 25.0 Å². The first-order valence-corrected chi connectivity index (χ1v) is 6.99. The van der Waals surface area contributed by atoms with E-state index < -0.39 is 12.1 Å². The summed E-state index contributed by atoms with van der Waals surface area (Å²) in [7, 11) is 1.33. The predicted molar refractivity (Wildman–Crippen MR) is 74.9 cm³/mol. The maximum absolute atomic E-state index is 11.6. The molecule has 3 unspecified atom stereocenters. The molecule has 6 heteroatoms. The van der Waals surface area contributed by atoms with Crippen LogP contribution in [0.1, 0.15) is 33.1 Å². The first kappa shape index (κ1) is 16.7. The number of esters is 1. The van der Waals surface area contributed by atoms with Gasteiger partial charge in [0.05, 0.1) is 19.3 Å². The molecule has 1 amide bonds. The van der Waals surface area contributed by atoms with Crippen molar-refractivity contribution in [3.05, 3.63) is 11.6 Å². The van der Waals surface area contributed by atoms with E-state index in [4.69, 9.17) is 15.2 Å². The molecule has 114 valence electrons. The van der Waals surface area contributed by atoms with E-state index in [1.54, 1.807) is 13.0 Å². The Labute approximate surface area is 119 Å². The van der Waals surface area contributed by atoms with E-state index in [0.717, 1.165) is 6.42 Å². The maximum Gasteiger partial charge on any atom is 0.333 e. The van der Waals surface area contributed by atoms with Crippen LogP contribution in [-0.2, 0) is 19.1 Å². The Hall–Kier alpha value is -1.40. The predicted octanol–water partition coefficient (Wildman–Crippen LogP) is 0.507. The van der Waals surface area contributed by atoms with Crippen molar-refractivity contribution >= 4 is 11.9 Å². The van der Waals surface area contributed by atoms with Gasteiger partial charge in [-0.25, -0.2) is 4.79 Å². The van der Waals surface area contributed by atoms with Crippen LogP contribution in [0.3, 0.4) is 0 Å². The highest BCUT2D eigenvalue weighted by Gasteiger charge is 2.34. The van der Waals surface area contributed by atoms with Crippen molar-refractivity contribution in [3.63, 3.8) is 0 Å². The number of rotatable bonds is 6. The second kappa shape index (κ2) is 8.01. The first-order valence-electron chi connectivity index (χ1n) is 6.99. The molecule has 1 rings (SSSR count). The third-order valence-corrected chi connectivity index (χ3v) is 3.25. The highest BCUT2D eigenvalue weighted by molar-refractivity contribution is 5.89. The number of hydrogen-bond donors (Lipinski definition) is 2. The summed E-state index contributed by atoms with van der Waals surface area (Å²) in [5.74, 6) is -0.476. The van der Waals surface area contributed by atoms with E-state index in [1.807, 2.05) is 6.92 Å². The van der Waals surface area contributed by atoms with Gasteiger partial charge in [0.1, 0.15) is 0 Å². The van der Waals surface area contributed by atoms with Gasteiger partial charge in [-0.3, -0.25) is 4.79 Å². The number of ether oxygens (including phenoxy) is 2. The highest BCUT2D eigenvalue weighted by atomic mass is 16.5.